The lowest BCUT2D eigenvalue weighted by atomic mass is 10.1. The molecule has 6 heteroatoms. The summed E-state index contributed by atoms with van der Waals surface area (Å²) in [5, 5.41) is 1.40. The van der Waals surface area contributed by atoms with Crippen molar-refractivity contribution in [3.05, 3.63) is 53.7 Å². The second kappa shape index (κ2) is 9.03. The van der Waals surface area contributed by atoms with Crippen LogP contribution >= 0.6 is 0 Å². The number of carbonyl (C=O) groups is 1. The maximum atomic E-state index is 12.6. The number of nitrogens with two attached hydrogens (primary N) is 1. The van der Waals surface area contributed by atoms with E-state index < -0.39 is 0 Å². The Morgan fingerprint density at radius 3 is 2.38 bits per heavy atom. The fourth-order valence-electron chi connectivity index (χ4n) is 4.23. The highest BCUT2D eigenvalue weighted by Crippen LogP contribution is 2.23. The van der Waals surface area contributed by atoms with Gasteiger partial charge in [-0.1, -0.05) is 37.1 Å². The van der Waals surface area contributed by atoms with Crippen LogP contribution in [0.25, 0.3) is 11.3 Å². The minimum Gasteiger partial charge on any atom is -0.304 e. The minimum atomic E-state index is -0.140. The van der Waals surface area contributed by atoms with E-state index in [0.29, 0.717) is 5.56 Å². The van der Waals surface area contributed by atoms with Gasteiger partial charge in [-0.3, -0.25) is 19.7 Å². The van der Waals surface area contributed by atoms with Gasteiger partial charge in [0.05, 0.1) is 11.3 Å². The summed E-state index contributed by atoms with van der Waals surface area (Å²) in [7, 11) is 2.18. The van der Waals surface area contributed by atoms with Gasteiger partial charge in [0.15, 0.2) is 0 Å². The Labute approximate surface area is 173 Å². The number of aromatic nitrogens is 1. The highest BCUT2D eigenvalue weighted by molar-refractivity contribution is 5.94. The van der Waals surface area contributed by atoms with E-state index in [9.17, 15) is 4.79 Å². The van der Waals surface area contributed by atoms with Crippen molar-refractivity contribution in [1.29, 1.82) is 0 Å². The highest BCUT2D eigenvalue weighted by Gasteiger charge is 2.25. The number of rotatable bonds is 5. The van der Waals surface area contributed by atoms with Gasteiger partial charge < -0.3 is 4.90 Å². The van der Waals surface area contributed by atoms with E-state index in [4.69, 9.17) is 5.84 Å². The lowest BCUT2D eigenvalue weighted by Gasteiger charge is -2.32. The molecule has 29 heavy (non-hydrogen) atoms. The van der Waals surface area contributed by atoms with Crippen molar-refractivity contribution >= 4 is 5.91 Å². The van der Waals surface area contributed by atoms with Crippen LogP contribution in [0, 0.1) is 0 Å². The summed E-state index contributed by atoms with van der Waals surface area (Å²) in [4.78, 5) is 22.0. The molecule has 0 atom stereocenters. The molecule has 1 saturated carbocycles. The number of amides is 1. The van der Waals surface area contributed by atoms with Crippen molar-refractivity contribution in [3.8, 4) is 11.3 Å². The summed E-state index contributed by atoms with van der Waals surface area (Å²) in [6.45, 7) is 5.49. The number of nitrogens with zero attached hydrogens (tertiary/aromatic N) is 4. The van der Waals surface area contributed by atoms with Crippen molar-refractivity contribution < 1.29 is 4.79 Å². The molecule has 1 aromatic heterocycles. The van der Waals surface area contributed by atoms with Crippen LogP contribution in [-0.2, 0) is 6.54 Å². The molecule has 154 valence electrons. The number of likely N-dealkylation sites (N-methyl/N-ethyl adjacent to an activating group) is 1. The fraction of sp³-hybridized carbons (Fsp3) is 0.478. The van der Waals surface area contributed by atoms with Crippen LogP contribution in [-0.4, -0.2) is 65.0 Å². The number of hydrogen-bond acceptors (Lipinski definition) is 5. The number of hydrazine groups is 1. The monoisotopic (exact) mass is 393 g/mol. The molecule has 0 unspecified atom stereocenters. The van der Waals surface area contributed by atoms with Crippen LogP contribution in [0.5, 0.6) is 0 Å². The molecule has 2 heterocycles. The number of benzene rings is 1. The Hall–Kier alpha value is -2.28. The Morgan fingerprint density at radius 1 is 1.07 bits per heavy atom. The van der Waals surface area contributed by atoms with Gasteiger partial charge in [-0.05, 0) is 37.6 Å². The molecule has 1 aliphatic heterocycles. The van der Waals surface area contributed by atoms with E-state index in [-0.39, 0.29) is 11.9 Å². The SMILES string of the molecule is CN1CCN(Cc2ccc(-c3ccc(C(=O)N(N)C4CCCC4)cn3)cc2)CC1. The van der Waals surface area contributed by atoms with Crippen molar-refractivity contribution in [3.63, 3.8) is 0 Å². The van der Waals surface area contributed by atoms with Gasteiger partial charge in [0, 0.05) is 50.5 Å². The molecule has 1 saturated heterocycles. The largest absolute Gasteiger partial charge is 0.304 e. The minimum absolute atomic E-state index is 0.140. The standard InChI is InChI=1S/C23H31N5O/c1-26-12-14-27(15-13-26)17-18-6-8-19(9-7-18)22-11-10-20(16-25-22)23(29)28(24)21-4-2-3-5-21/h6-11,16,21H,2-5,12-15,17,24H2,1H3. The van der Waals surface area contributed by atoms with Gasteiger partial charge in [-0.25, -0.2) is 5.84 Å². The third-order valence-electron chi connectivity index (χ3n) is 6.21. The molecule has 0 spiro atoms. The van der Waals surface area contributed by atoms with Crippen molar-refractivity contribution in [2.24, 2.45) is 5.84 Å². The molecular weight excluding hydrogens is 362 g/mol. The Bertz CT molecular complexity index is 806. The highest BCUT2D eigenvalue weighted by atomic mass is 16.2. The van der Waals surface area contributed by atoms with Crippen molar-refractivity contribution in [2.45, 2.75) is 38.3 Å². The predicted molar refractivity (Wildman–Crippen MR) is 115 cm³/mol. The Morgan fingerprint density at radius 2 is 1.76 bits per heavy atom. The molecule has 1 amide bonds. The molecule has 1 aliphatic carbocycles. The summed E-state index contributed by atoms with van der Waals surface area (Å²) in [5.74, 6) is 5.91. The second-order valence-corrected chi connectivity index (χ2v) is 8.36. The van der Waals surface area contributed by atoms with Crippen LogP contribution < -0.4 is 5.84 Å². The van der Waals surface area contributed by atoms with E-state index in [1.54, 1.807) is 6.20 Å². The third-order valence-corrected chi connectivity index (χ3v) is 6.21. The quantitative estimate of drug-likeness (QED) is 0.481. The second-order valence-electron chi connectivity index (χ2n) is 8.36. The number of carbonyl (C=O) groups excluding carboxylic acids is 1. The number of piperazine rings is 1. The summed E-state index contributed by atoms with van der Waals surface area (Å²) < 4.78 is 0. The fourth-order valence-corrected chi connectivity index (χ4v) is 4.23. The van der Waals surface area contributed by atoms with E-state index in [2.05, 4.69) is 46.1 Å². The topological polar surface area (TPSA) is 65.7 Å². The average Bonchev–Trinajstić information content (AvgIpc) is 3.30. The first-order chi connectivity index (χ1) is 14.1. The van der Waals surface area contributed by atoms with Crippen molar-refractivity contribution in [2.75, 3.05) is 33.2 Å². The number of pyridine rings is 1. The molecule has 0 bridgehead atoms. The molecule has 0 radical (unpaired) electrons. The van der Waals surface area contributed by atoms with E-state index >= 15 is 0 Å². The van der Waals surface area contributed by atoms with Gasteiger partial charge in [-0.2, -0.15) is 0 Å². The average molecular weight is 394 g/mol. The zero-order chi connectivity index (χ0) is 20.2. The Balaban J connectivity index is 1.37. The summed E-state index contributed by atoms with van der Waals surface area (Å²) >= 11 is 0. The molecule has 4 rings (SSSR count). The van der Waals surface area contributed by atoms with Gasteiger partial charge >= 0.3 is 0 Å². The summed E-state index contributed by atoms with van der Waals surface area (Å²) in [5.41, 5.74) is 3.80. The molecule has 2 fully saturated rings. The van der Waals surface area contributed by atoms with E-state index in [1.165, 1.54) is 10.6 Å². The first kappa shape index (κ1) is 20.0. The van der Waals surface area contributed by atoms with Crippen LogP contribution in [0.15, 0.2) is 42.6 Å². The molecule has 2 aliphatic rings. The maximum absolute atomic E-state index is 12.6. The summed E-state index contributed by atoms with van der Waals surface area (Å²) in [6, 6.07) is 12.5. The lowest BCUT2D eigenvalue weighted by molar-refractivity contribution is 0.0681. The van der Waals surface area contributed by atoms with Gasteiger partial charge in [0.2, 0.25) is 0 Å². The van der Waals surface area contributed by atoms with Crippen LogP contribution in [0.2, 0.25) is 0 Å². The van der Waals surface area contributed by atoms with Gasteiger partial charge in [-0.15, -0.1) is 0 Å². The lowest BCUT2D eigenvalue weighted by Crippen LogP contribution is -2.44. The third kappa shape index (κ3) is 4.83. The van der Waals surface area contributed by atoms with Crippen LogP contribution in [0.4, 0.5) is 0 Å². The summed E-state index contributed by atoms with van der Waals surface area (Å²) in [6.07, 6.45) is 5.92. The molecular formula is C23H31N5O. The maximum Gasteiger partial charge on any atom is 0.269 e. The zero-order valence-electron chi connectivity index (χ0n) is 17.3. The van der Waals surface area contributed by atoms with Crippen LogP contribution in [0.3, 0.4) is 0 Å². The smallest absolute Gasteiger partial charge is 0.269 e. The van der Waals surface area contributed by atoms with Gasteiger partial charge in [0.1, 0.15) is 0 Å². The van der Waals surface area contributed by atoms with E-state index in [0.717, 1.165) is 69.7 Å². The Kier molecular flexibility index (Phi) is 6.23. The molecule has 6 nitrogen and oxygen atoms in total. The molecule has 1 aromatic carbocycles. The van der Waals surface area contributed by atoms with Crippen LogP contribution in [0.1, 0.15) is 41.6 Å². The first-order valence-corrected chi connectivity index (χ1v) is 10.6. The zero-order valence-corrected chi connectivity index (χ0v) is 17.3. The van der Waals surface area contributed by atoms with Crippen molar-refractivity contribution in [1.82, 2.24) is 19.8 Å². The van der Waals surface area contributed by atoms with E-state index in [1.807, 2.05) is 12.1 Å². The van der Waals surface area contributed by atoms with Gasteiger partial charge in [0.25, 0.3) is 5.91 Å². The first-order valence-electron chi connectivity index (χ1n) is 10.6. The molecule has 2 aromatic rings. The molecule has 2 N–H and O–H groups in total. The number of hydrogen-bond donors (Lipinski definition) is 1. The predicted octanol–water partition coefficient (Wildman–Crippen LogP) is 2.75. The normalized spacial score (nSPS) is 18.8.